The Balaban J connectivity index is 2.25. The zero-order chi connectivity index (χ0) is 14.0. The van der Waals surface area contributed by atoms with Gasteiger partial charge in [-0.05, 0) is 30.7 Å². The Morgan fingerprint density at radius 3 is 2.42 bits per heavy atom. The summed E-state index contributed by atoms with van der Waals surface area (Å²) in [5.74, 6) is 0. The highest BCUT2D eigenvalue weighted by Gasteiger charge is 2.29. The number of H-pyrrole nitrogens is 1. The first-order valence-corrected chi connectivity index (χ1v) is 5.57. The predicted octanol–water partition coefficient (Wildman–Crippen LogP) is 2.69. The Kier molecular flexibility index (Phi) is 3.42. The molecule has 0 radical (unpaired) electrons. The van der Waals surface area contributed by atoms with Gasteiger partial charge in [0.25, 0.3) is 5.56 Å². The molecule has 1 aromatic carbocycles. The van der Waals surface area contributed by atoms with Crippen LogP contribution in [0.3, 0.4) is 0 Å². The fourth-order valence-electron chi connectivity index (χ4n) is 1.72. The van der Waals surface area contributed by atoms with Gasteiger partial charge in [-0.3, -0.25) is 4.79 Å². The molecule has 0 spiro atoms. The molecular weight excluding hydrogens is 257 g/mol. The average molecular weight is 268 g/mol. The molecule has 0 saturated heterocycles. The van der Waals surface area contributed by atoms with Crippen molar-refractivity contribution >= 4 is 0 Å². The summed E-state index contributed by atoms with van der Waals surface area (Å²) in [6.07, 6.45) is -4.07. The smallest absolute Gasteiger partial charge is 0.268 e. The van der Waals surface area contributed by atoms with Crippen LogP contribution < -0.4 is 5.56 Å². The van der Waals surface area contributed by atoms with Gasteiger partial charge in [-0.15, -0.1) is 0 Å². The summed E-state index contributed by atoms with van der Waals surface area (Å²) in [4.78, 5) is 11.5. The highest BCUT2D eigenvalue weighted by molar-refractivity contribution is 5.29. The van der Waals surface area contributed by atoms with Crippen molar-refractivity contribution in [2.45, 2.75) is 19.5 Å². The Morgan fingerprint density at radius 1 is 1.21 bits per heavy atom. The molecular formula is C13H11F3N2O. The standard InChI is InChI=1S/C13H11F3N2O/c1-8-6-10(12(19)18-17-8)7-9-2-4-11(5-3-9)13(14,15)16/h2-6H,7H2,1H3,(H,18,19). The van der Waals surface area contributed by atoms with Gasteiger partial charge in [0.2, 0.25) is 0 Å². The second-order valence-electron chi connectivity index (χ2n) is 4.24. The van der Waals surface area contributed by atoms with Crippen molar-refractivity contribution < 1.29 is 13.2 Å². The maximum atomic E-state index is 12.4. The minimum absolute atomic E-state index is 0.275. The molecule has 0 atom stereocenters. The first kappa shape index (κ1) is 13.3. The first-order chi connectivity index (χ1) is 8.86. The van der Waals surface area contributed by atoms with Crippen LogP contribution in [-0.2, 0) is 12.6 Å². The molecule has 0 saturated carbocycles. The largest absolute Gasteiger partial charge is 0.416 e. The Morgan fingerprint density at radius 2 is 1.84 bits per heavy atom. The molecule has 2 aromatic rings. The maximum absolute atomic E-state index is 12.4. The third kappa shape index (κ3) is 3.21. The van der Waals surface area contributed by atoms with Crippen LogP contribution >= 0.6 is 0 Å². The summed E-state index contributed by atoms with van der Waals surface area (Å²) in [5, 5.41) is 6.08. The summed E-state index contributed by atoms with van der Waals surface area (Å²) < 4.78 is 37.2. The van der Waals surface area contributed by atoms with Gasteiger partial charge in [0.15, 0.2) is 0 Å². The number of nitrogens with zero attached hydrogens (tertiary/aromatic N) is 1. The molecule has 3 nitrogen and oxygen atoms in total. The molecule has 1 heterocycles. The Labute approximate surface area is 107 Å². The van der Waals surface area contributed by atoms with Gasteiger partial charge in [-0.1, -0.05) is 12.1 Å². The number of hydrogen-bond acceptors (Lipinski definition) is 2. The molecule has 0 aliphatic rings. The molecule has 0 amide bonds. The lowest BCUT2D eigenvalue weighted by atomic mass is 10.0. The zero-order valence-electron chi connectivity index (χ0n) is 10.1. The summed E-state index contributed by atoms with van der Waals surface area (Å²) in [6.45, 7) is 1.73. The molecule has 0 unspecified atom stereocenters. The fraction of sp³-hybridized carbons (Fsp3) is 0.231. The second kappa shape index (κ2) is 4.87. The Hall–Kier alpha value is -2.11. The number of benzene rings is 1. The topological polar surface area (TPSA) is 45.8 Å². The van der Waals surface area contributed by atoms with E-state index in [0.717, 1.165) is 12.1 Å². The number of hydrogen-bond donors (Lipinski definition) is 1. The van der Waals surface area contributed by atoms with E-state index in [4.69, 9.17) is 0 Å². The van der Waals surface area contributed by atoms with Crippen molar-refractivity contribution in [1.82, 2.24) is 10.2 Å². The fourth-order valence-corrected chi connectivity index (χ4v) is 1.72. The molecule has 6 heteroatoms. The van der Waals surface area contributed by atoms with Crippen molar-refractivity contribution in [2.75, 3.05) is 0 Å². The van der Waals surface area contributed by atoms with E-state index in [1.54, 1.807) is 13.0 Å². The van der Waals surface area contributed by atoms with Crippen LogP contribution in [0.2, 0.25) is 0 Å². The third-order valence-corrected chi connectivity index (χ3v) is 2.68. The third-order valence-electron chi connectivity index (χ3n) is 2.68. The number of alkyl halides is 3. The maximum Gasteiger partial charge on any atom is 0.416 e. The van der Waals surface area contributed by atoms with Gasteiger partial charge >= 0.3 is 6.18 Å². The van der Waals surface area contributed by atoms with Crippen LogP contribution in [0.25, 0.3) is 0 Å². The van der Waals surface area contributed by atoms with Gasteiger partial charge in [-0.25, -0.2) is 5.10 Å². The number of nitrogens with one attached hydrogen (secondary N) is 1. The summed E-state index contributed by atoms with van der Waals surface area (Å²) in [5.41, 5.74) is 0.749. The van der Waals surface area contributed by atoms with Crippen LogP contribution in [-0.4, -0.2) is 10.2 Å². The molecule has 2 rings (SSSR count). The normalized spacial score (nSPS) is 11.6. The first-order valence-electron chi connectivity index (χ1n) is 5.57. The molecule has 100 valence electrons. The van der Waals surface area contributed by atoms with Gasteiger partial charge in [0.05, 0.1) is 11.3 Å². The van der Waals surface area contributed by atoms with Gasteiger partial charge in [0, 0.05) is 12.0 Å². The van der Waals surface area contributed by atoms with E-state index in [2.05, 4.69) is 10.2 Å². The molecule has 1 N–H and O–H groups in total. The van der Waals surface area contributed by atoms with E-state index in [1.807, 2.05) is 0 Å². The van der Waals surface area contributed by atoms with Gasteiger partial charge in [0.1, 0.15) is 0 Å². The van der Waals surface area contributed by atoms with Crippen molar-refractivity contribution in [2.24, 2.45) is 0 Å². The Bertz CT molecular complexity index is 630. The number of aromatic amines is 1. The van der Waals surface area contributed by atoms with Crippen LogP contribution in [0.4, 0.5) is 13.2 Å². The lowest BCUT2D eigenvalue weighted by Crippen LogP contribution is -2.15. The number of aryl methyl sites for hydroxylation is 1. The SMILES string of the molecule is Cc1cc(Cc2ccc(C(F)(F)F)cc2)c(=O)[nH]n1. The molecule has 19 heavy (non-hydrogen) atoms. The molecule has 0 fully saturated rings. The van der Waals surface area contributed by atoms with E-state index >= 15 is 0 Å². The molecule has 1 aromatic heterocycles. The zero-order valence-corrected chi connectivity index (χ0v) is 10.1. The van der Waals surface area contributed by atoms with Crippen molar-refractivity contribution in [3.05, 3.63) is 63.1 Å². The quantitative estimate of drug-likeness (QED) is 0.910. The van der Waals surface area contributed by atoms with Crippen molar-refractivity contribution in [1.29, 1.82) is 0 Å². The van der Waals surface area contributed by atoms with E-state index in [0.29, 0.717) is 16.8 Å². The van der Waals surface area contributed by atoms with E-state index in [1.165, 1.54) is 12.1 Å². The average Bonchev–Trinajstić information content (AvgIpc) is 2.33. The molecule has 0 aliphatic heterocycles. The monoisotopic (exact) mass is 268 g/mol. The molecule has 0 bridgehead atoms. The lowest BCUT2D eigenvalue weighted by molar-refractivity contribution is -0.137. The van der Waals surface area contributed by atoms with E-state index in [9.17, 15) is 18.0 Å². The number of rotatable bonds is 2. The second-order valence-corrected chi connectivity index (χ2v) is 4.24. The van der Waals surface area contributed by atoms with E-state index in [-0.39, 0.29) is 12.0 Å². The van der Waals surface area contributed by atoms with Crippen LogP contribution in [0.5, 0.6) is 0 Å². The van der Waals surface area contributed by atoms with Crippen LogP contribution in [0.1, 0.15) is 22.4 Å². The highest BCUT2D eigenvalue weighted by atomic mass is 19.4. The van der Waals surface area contributed by atoms with Crippen molar-refractivity contribution in [3.8, 4) is 0 Å². The number of halogens is 3. The van der Waals surface area contributed by atoms with Crippen LogP contribution in [0, 0.1) is 6.92 Å². The minimum atomic E-state index is -4.34. The van der Waals surface area contributed by atoms with Crippen molar-refractivity contribution in [3.63, 3.8) is 0 Å². The van der Waals surface area contributed by atoms with Gasteiger partial charge < -0.3 is 0 Å². The molecule has 0 aliphatic carbocycles. The van der Waals surface area contributed by atoms with Crippen LogP contribution in [0.15, 0.2) is 35.1 Å². The van der Waals surface area contributed by atoms with Gasteiger partial charge in [-0.2, -0.15) is 18.3 Å². The number of aromatic nitrogens is 2. The lowest BCUT2D eigenvalue weighted by Gasteiger charge is -2.07. The summed E-state index contributed by atoms with van der Waals surface area (Å²) >= 11 is 0. The predicted molar refractivity (Wildman–Crippen MR) is 63.8 cm³/mol. The van der Waals surface area contributed by atoms with E-state index < -0.39 is 11.7 Å². The summed E-state index contributed by atoms with van der Waals surface area (Å²) in [6, 6.07) is 6.39. The highest BCUT2D eigenvalue weighted by Crippen LogP contribution is 2.29. The summed E-state index contributed by atoms with van der Waals surface area (Å²) in [7, 11) is 0. The minimum Gasteiger partial charge on any atom is -0.268 e.